The first-order valence-electron chi connectivity index (χ1n) is 8.85. The summed E-state index contributed by atoms with van der Waals surface area (Å²) in [7, 11) is 0. The van der Waals surface area contributed by atoms with Crippen molar-refractivity contribution in [2.24, 2.45) is 16.7 Å². The molecule has 0 spiro atoms. The normalized spacial score (nSPS) is 16.2. The molecule has 5 heteroatoms. The molecule has 0 unspecified atom stereocenters. The van der Waals surface area contributed by atoms with E-state index in [1.54, 1.807) is 20.8 Å². The molecule has 142 valence electrons. The lowest BCUT2D eigenvalue weighted by Crippen LogP contribution is -2.34. The van der Waals surface area contributed by atoms with Gasteiger partial charge in [-0.05, 0) is 47.5 Å². The summed E-state index contributed by atoms with van der Waals surface area (Å²) in [5.74, 6) is -0.394. The third kappa shape index (κ3) is 8.67. The predicted octanol–water partition coefficient (Wildman–Crippen LogP) is 3.72. The van der Waals surface area contributed by atoms with E-state index in [1.807, 2.05) is 34.6 Å². The van der Waals surface area contributed by atoms with Crippen LogP contribution in [0, 0.1) is 16.7 Å². The number of hydrogen-bond acceptors (Lipinski definition) is 5. The number of ether oxygens (including phenoxy) is 2. The summed E-state index contributed by atoms with van der Waals surface area (Å²) in [6.45, 7) is 15.0. The van der Waals surface area contributed by atoms with Crippen molar-refractivity contribution >= 4 is 11.9 Å². The maximum Gasteiger partial charge on any atom is 0.311 e. The zero-order chi connectivity index (χ0) is 19.1. The molecule has 0 bridgehead atoms. The Labute approximate surface area is 147 Å². The van der Waals surface area contributed by atoms with Crippen LogP contribution in [0.25, 0.3) is 0 Å². The summed E-state index contributed by atoms with van der Waals surface area (Å²) in [6.07, 6.45) is 0.527. The lowest BCUT2D eigenvalue weighted by atomic mass is 9.93. The molecule has 0 saturated carbocycles. The standard InChI is InChI=1S/C19H36O5/c1-9-13(2)15(24-17(22)19(6,7)8)12-14(20)10-11-23-16(21)18(3,4)5/h13-15,20H,9-12H2,1-8H3/t13-,14+,15-/m0/s1. The summed E-state index contributed by atoms with van der Waals surface area (Å²) in [5, 5.41) is 10.2. The number of carbonyl (C=O) groups is 2. The molecule has 0 rings (SSSR count). The molecule has 0 aromatic carbocycles. The van der Waals surface area contributed by atoms with E-state index in [-0.39, 0.29) is 30.6 Å². The number of hydrogen-bond donors (Lipinski definition) is 1. The third-order valence-electron chi connectivity index (χ3n) is 3.95. The minimum Gasteiger partial charge on any atom is -0.465 e. The van der Waals surface area contributed by atoms with E-state index in [9.17, 15) is 14.7 Å². The minimum atomic E-state index is -0.676. The second-order valence-corrected chi connectivity index (χ2v) is 8.64. The van der Waals surface area contributed by atoms with Crippen LogP contribution in [0.1, 0.15) is 74.7 Å². The van der Waals surface area contributed by atoms with E-state index in [4.69, 9.17) is 9.47 Å². The van der Waals surface area contributed by atoms with E-state index < -0.39 is 16.9 Å². The Hall–Kier alpha value is -1.10. The van der Waals surface area contributed by atoms with Crippen molar-refractivity contribution < 1.29 is 24.2 Å². The first-order chi connectivity index (χ1) is 10.8. The highest BCUT2D eigenvalue weighted by atomic mass is 16.5. The van der Waals surface area contributed by atoms with Crippen LogP contribution >= 0.6 is 0 Å². The lowest BCUT2D eigenvalue weighted by molar-refractivity contribution is -0.163. The summed E-state index contributed by atoms with van der Waals surface area (Å²) in [6, 6.07) is 0. The lowest BCUT2D eigenvalue weighted by Gasteiger charge is -2.28. The molecule has 0 aliphatic rings. The monoisotopic (exact) mass is 344 g/mol. The molecule has 0 saturated heterocycles. The number of rotatable bonds is 8. The summed E-state index contributed by atoms with van der Waals surface area (Å²) in [4.78, 5) is 23.8. The maximum atomic E-state index is 12.1. The van der Waals surface area contributed by atoms with Gasteiger partial charge in [0.15, 0.2) is 0 Å². The summed E-state index contributed by atoms with van der Waals surface area (Å²) < 4.78 is 10.8. The highest BCUT2D eigenvalue weighted by molar-refractivity contribution is 5.75. The quantitative estimate of drug-likeness (QED) is 0.679. The highest BCUT2D eigenvalue weighted by Gasteiger charge is 2.30. The van der Waals surface area contributed by atoms with Crippen molar-refractivity contribution in [2.75, 3.05) is 6.61 Å². The molecule has 0 fully saturated rings. The fraction of sp³-hybridized carbons (Fsp3) is 0.895. The second kappa shape index (κ2) is 9.40. The van der Waals surface area contributed by atoms with Crippen LogP contribution in [0.5, 0.6) is 0 Å². The Morgan fingerprint density at radius 3 is 1.92 bits per heavy atom. The van der Waals surface area contributed by atoms with Gasteiger partial charge in [-0.25, -0.2) is 0 Å². The average Bonchev–Trinajstić information content (AvgIpc) is 2.43. The molecule has 0 radical (unpaired) electrons. The summed E-state index contributed by atoms with van der Waals surface area (Å²) in [5.41, 5.74) is -1.12. The molecule has 5 nitrogen and oxygen atoms in total. The molecule has 0 aliphatic heterocycles. The van der Waals surface area contributed by atoms with E-state index in [2.05, 4.69) is 0 Å². The largest absolute Gasteiger partial charge is 0.465 e. The molecule has 3 atom stereocenters. The zero-order valence-electron chi connectivity index (χ0n) is 16.6. The van der Waals surface area contributed by atoms with Gasteiger partial charge in [-0.3, -0.25) is 9.59 Å². The van der Waals surface area contributed by atoms with Crippen molar-refractivity contribution in [3.05, 3.63) is 0 Å². The van der Waals surface area contributed by atoms with Gasteiger partial charge in [0.05, 0.1) is 23.5 Å². The Morgan fingerprint density at radius 2 is 1.50 bits per heavy atom. The van der Waals surface area contributed by atoms with Crippen LogP contribution in [0.3, 0.4) is 0 Å². The molecule has 1 N–H and O–H groups in total. The molecule has 0 aromatic rings. The van der Waals surface area contributed by atoms with Gasteiger partial charge in [-0.2, -0.15) is 0 Å². The van der Waals surface area contributed by atoms with Gasteiger partial charge in [-0.15, -0.1) is 0 Å². The van der Waals surface area contributed by atoms with Gasteiger partial charge in [-0.1, -0.05) is 20.3 Å². The van der Waals surface area contributed by atoms with Crippen molar-refractivity contribution in [3.8, 4) is 0 Å². The van der Waals surface area contributed by atoms with Gasteiger partial charge >= 0.3 is 11.9 Å². The van der Waals surface area contributed by atoms with E-state index >= 15 is 0 Å². The van der Waals surface area contributed by atoms with Gasteiger partial charge in [0.2, 0.25) is 0 Å². The Kier molecular flexibility index (Phi) is 8.97. The maximum absolute atomic E-state index is 12.1. The Morgan fingerprint density at radius 1 is 1.00 bits per heavy atom. The Bertz CT molecular complexity index is 403. The van der Waals surface area contributed by atoms with Crippen LogP contribution < -0.4 is 0 Å². The zero-order valence-corrected chi connectivity index (χ0v) is 16.6. The molecule has 0 aliphatic carbocycles. The predicted molar refractivity (Wildman–Crippen MR) is 94.4 cm³/mol. The number of aliphatic hydroxyl groups excluding tert-OH is 1. The van der Waals surface area contributed by atoms with Crippen molar-refractivity contribution in [2.45, 2.75) is 86.9 Å². The SMILES string of the molecule is CC[C@H](C)[C@H](C[C@H](O)CCOC(=O)C(C)(C)C)OC(=O)C(C)(C)C. The Balaban J connectivity index is 4.53. The first-order valence-corrected chi connectivity index (χ1v) is 8.85. The smallest absolute Gasteiger partial charge is 0.311 e. The first kappa shape index (κ1) is 22.9. The minimum absolute atomic E-state index is 0.156. The number of aliphatic hydroxyl groups is 1. The van der Waals surface area contributed by atoms with Crippen LogP contribution in [0.15, 0.2) is 0 Å². The van der Waals surface area contributed by atoms with E-state index in [0.717, 1.165) is 6.42 Å². The molecule has 0 aromatic heterocycles. The number of carbonyl (C=O) groups excluding carboxylic acids is 2. The van der Waals surface area contributed by atoms with Crippen LogP contribution in [-0.2, 0) is 19.1 Å². The van der Waals surface area contributed by atoms with Gasteiger partial charge < -0.3 is 14.6 Å². The number of esters is 2. The van der Waals surface area contributed by atoms with Crippen LogP contribution in [-0.4, -0.2) is 35.9 Å². The fourth-order valence-corrected chi connectivity index (χ4v) is 1.86. The van der Waals surface area contributed by atoms with Crippen molar-refractivity contribution in [1.29, 1.82) is 0 Å². The molecule has 0 amide bonds. The van der Waals surface area contributed by atoms with Crippen LogP contribution in [0.2, 0.25) is 0 Å². The molecule has 0 heterocycles. The second-order valence-electron chi connectivity index (χ2n) is 8.64. The topological polar surface area (TPSA) is 72.8 Å². The summed E-state index contributed by atoms with van der Waals surface area (Å²) >= 11 is 0. The fourth-order valence-electron chi connectivity index (χ4n) is 1.86. The van der Waals surface area contributed by atoms with E-state index in [0.29, 0.717) is 12.8 Å². The van der Waals surface area contributed by atoms with Gasteiger partial charge in [0, 0.05) is 12.8 Å². The van der Waals surface area contributed by atoms with Crippen molar-refractivity contribution in [1.82, 2.24) is 0 Å². The highest BCUT2D eigenvalue weighted by Crippen LogP contribution is 2.23. The van der Waals surface area contributed by atoms with Crippen molar-refractivity contribution in [3.63, 3.8) is 0 Å². The van der Waals surface area contributed by atoms with Crippen LogP contribution in [0.4, 0.5) is 0 Å². The average molecular weight is 344 g/mol. The molecular formula is C19H36O5. The van der Waals surface area contributed by atoms with Gasteiger partial charge in [0.1, 0.15) is 6.10 Å². The third-order valence-corrected chi connectivity index (χ3v) is 3.95. The molecule has 24 heavy (non-hydrogen) atoms. The van der Waals surface area contributed by atoms with Gasteiger partial charge in [0.25, 0.3) is 0 Å². The molecular weight excluding hydrogens is 308 g/mol. The van der Waals surface area contributed by atoms with E-state index in [1.165, 1.54) is 0 Å².